The van der Waals surface area contributed by atoms with E-state index in [1.165, 1.54) is 10.5 Å². The highest BCUT2D eigenvalue weighted by Crippen LogP contribution is 2.36. The van der Waals surface area contributed by atoms with Crippen molar-refractivity contribution in [2.24, 2.45) is 5.41 Å². The zero-order chi connectivity index (χ0) is 13.2. The van der Waals surface area contributed by atoms with Crippen molar-refractivity contribution in [2.75, 3.05) is 12.4 Å². The second-order valence-electron chi connectivity index (χ2n) is 5.43. The number of rotatable bonds is 4. The highest BCUT2D eigenvalue weighted by Gasteiger charge is 2.28. The smallest absolute Gasteiger partial charge is 0.233 e. The molecular formula is C14H18ClNOS. The number of thioether (sulfide) groups is 1. The van der Waals surface area contributed by atoms with Gasteiger partial charge in [0.1, 0.15) is 0 Å². The Labute approximate surface area is 117 Å². The first-order chi connectivity index (χ1) is 8.52. The summed E-state index contributed by atoms with van der Waals surface area (Å²) in [5.74, 6) is 0.667. The summed E-state index contributed by atoms with van der Waals surface area (Å²) in [6.45, 7) is 4.73. The van der Waals surface area contributed by atoms with E-state index < -0.39 is 0 Å². The molecule has 1 unspecified atom stereocenters. The molecular weight excluding hydrogens is 266 g/mol. The van der Waals surface area contributed by atoms with E-state index >= 15 is 0 Å². The lowest BCUT2D eigenvalue weighted by molar-refractivity contribution is -0.120. The van der Waals surface area contributed by atoms with Crippen molar-refractivity contribution in [1.82, 2.24) is 5.32 Å². The predicted molar refractivity (Wildman–Crippen MR) is 77.3 cm³/mol. The van der Waals surface area contributed by atoms with Crippen molar-refractivity contribution in [2.45, 2.75) is 30.4 Å². The van der Waals surface area contributed by atoms with E-state index in [2.05, 4.69) is 31.3 Å². The minimum absolute atomic E-state index is 0.00789. The van der Waals surface area contributed by atoms with Gasteiger partial charge in [0.25, 0.3) is 0 Å². The van der Waals surface area contributed by atoms with Crippen LogP contribution in [0.25, 0.3) is 0 Å². The zero-order valence-electron chi connectivity index (χ0n) is 10.7. The van der Waals surface area contributed by atoms with Crippen LogP contribution in [0.2, 0.25) is 0 Å². The SMILES string of the molecule is CC(C)(CCl)CNC(=O)C1Cc2ccccc2S1. The molecule has 4 heteroatoms. The van der Waals surface area contributed by atoms with Gasteiger partial charge < -0.3 is 5.32 Å². The van der Waals surface area contributed by atoms with Crippen LogP contribution in [0.1, 0.15) is 19.4 Å². The first-order valence-electron chi connectivity index (χ1n) is 6.10. The second-order valence-corrected chi connectivity index (χ2v) is 6.95. The Morgan fingerprint density at radius 1 is 1.50 bits per heavy atom. The second kappa shape index (κ2) is 5.54. The number of benzene rings is 1. The number of halogens is 1. The molecule has 1 aromatic carbocycles. The largest absolute Gasteiger partial charge is 0.355 e. The van der Waals surface area contributed by atoms with E-state index in [1.54, 1.807) is 11.8 Å². The van der Waals surface area contributed by atoms with E-state index in [0.717, 1.165) is 6.42 Å². The third-order valence-corrected chi connectivity index (χ3v) is 5.08. The number of carbonyl (C=O) groups excluding carboxylic acids is 1. The molecule has 1 aliphatic rings. The van der Waals surface area contributed by atoms with Gasteiger partial charge in [-0.1, -0.05) is 32.0 Å². The fraction of sp³-hybridized carbons (Fsp3) is 0.500. The summed E-state index contributed by atoms with van der Waals surface area (Å²) in [6, 6.07) is 8.22. The van der Waals surface area contributed by atoms with Crippen LogP contribution in [0.4, 0.5) is 0 Å². The Balaban J connectivity index is 1.90. The molecule has 0 aromatic heterocycles. The maximum Gasteiger partial charge on any atom is 0.233 e. The molecule has 0 saturated carbocycles. The molecule has 0 radical (unpaired) electrons. The molecule has 1 amide bonds. The normalized spacial score (nSPS) is 18.5. The Morgan fingerprint density at radius 2 is 2.22 bits per heavy atom. The summed E-state index contributed by atoms with van der Waals surface area (Å²) < 4.78 is 0. The molecule has 2 nitrogen and oxygen atoms in total. The summed E-state index contributed by atoms with van der Waals surface area (Å²) >= 11 is 7.51. The molecule has 1 heterocycles. The maximum atomic E-state index is 12.1. The number of hydrogen-bond acceptors (Lipinski definition) is 2. The summed E-state index contributed by atoms with van der Waals surface area (Å²) in [7, 11) is 0. The van der Waals surface area contributed by atoms with Crippen LogP contribution in [-0.2, 0) is 11.2 Å². The van der Waals surface area contributed by atoms with Gasteiger partial charge in [-0.05, 0) is 23.5 Å². The lowest BCUT2D eigenvalue weighted by atomic mass is 9.96. The van der Waals surface area contributed by atoms with Gasteiger partial charge in [-0.2, -0.15) is 0 Å². The van der Waals surface area contributed by atoms with Crippen molar-refractivity contribution < 1.29 is 4.79 Å². The number of hydrogen-bond donors (Lipinski definition) is 1. The minimum Gasteiger partial charge on any atom is -0.355 e. The van der Waals surface area contributed by atoms with Gasteiger partial charge in [-0.3, -0.25) is 4.79 Å². The maximum absolute atomic E-state index is 12.1. The highest BCUT2D eigenvalue weighted by molar-refractivity contribution is 8.01. The standard InChI is InChI=1S/C14H18ClNOS/c1-14(2,8-15)9-16-13(17)12-7-10-5-3-4-6-11(10)18-12/h3-6,12H,7-9H2,1-2H3,(H,16,17). The van der Waals surface area contributed by atoms with E-state index in [9.17, 15) is 4.79 Å². The quantitative estimate of drug-likeness (QED) is 0.861. The molecule has 1 atom stereocenters. The van der Waals surface area contributed by atoms with Crippen molar-refractivity contribution in [3.05, 3.63) is 29.8 Å². The molecule has 1 aliphatic heterocycles. The molecule has 2 rings (SSSR count). The van der Waals surface area contributed by atoms with Crippen LogP contribution < -0.4 is 5.32 Å². The van der Waals surface area contributed by atoms with Gasteiger partial charge >= 0.3 is 0 Å². The van der Waals surface area contributed by atoms with Gasteiger partial charge in [0, 0.05) is 17.3 Å². The summed E-state index contributed by atoms with van der Waals surface area (Å²) in [4.78, 5) is 13.3. The zero-order valence-corrected chi connectivity index (χ0v) is 12.3. The molecule has 1 N–H and O–H groups in total. The molecule has 1 aromatic rings. The Hall–Kier alpha value is -0.670. The van der Waals surface area contributed by atoms with Crippen LogP contribution >= 0.6 is 23.4 Å². The first-order valence-corrected chi connectivity index (χ1v) is 7.51. The molecule has 0 bridgehead atoms. The molecule has 18 heavy (non-hydrogen) atoms. The predicted octanol–water partition coefficient (Wildman–Crippen LogP) is 3.08. The lowest BCUT2D eigenvalue weighted by Gasteiger charge is -2.22. The monoisotopic (exact) mass is 283 g/mol. The molecule has 0 fully saturated rings. The van der Waals surface area contributed by atoms with E-state index in [1.807, 2.05) is 12.1 Å². The van der Waals surface area contributed by atoms with Gasteiger partial charge in [0.05, 0.1) is 5.25 Å². The van der Waals surface area contributed by atoms with E-state index in [4.69, 9.17) is 11.6 Å². The first kappa shape index (κ1) is 13.8. The van der Waals surface area contributed by atoms with Gasteiger partial charge in [0.2, 0.25) is 5.91 Å². The average Bonchev–Trinajstić information content (AvgIpc) is 2.80. The Morgan fingerprint density at radius 3 is 2.89 bits per heavy atom. The fourth-order valence-corrected chi connectivity index (χ4v) is 3.13. The number of amides is 1. The van der Waals surface area contributed by atoms with E-state index in [-0.39, 0.29) is 16.6 Å². The summed E-state index contributed by atoms with van der Waals surface area (Å²) in [6.07, 6.45) is 0.827. The number of alkyl halides is 1. The molecule has 0 aliphatic carbocycles. The fourth-order valence-electron chi connectivity index (χ4n) is 1.82. The van der Waals surface area contributed by atoms with Crippen molar-refractivity contribution in [3.8, 4) is 0 Å². The van der Waals surface area contributed by atoms with Crippen LogP contribution in [0.15, 0.2) is 29.2 Å². The number of nitrogens with one attached hydrogen (secondary N) is 1. The van der Waals surface area contributed by atoms with Gasteiger partial charge in [-0.15, -0.1) is 23.4 Å². The third kappa shape index (κ3) is 3.21. The number of carbonyl (C=O) groups is 1. The highest BCUT2D eigenvalue weighted by atomic mass is 35.5. The van der Waals surface area contributed by atoms with Crippen molar-refractivity contribution >= 4 is 29.3 Å². The molecule has 0 spiro atoms. The topological polar surface area (TPSA) is 29.1 Å². The van der Waals surface area contributed by atoms with E-state index in [0.29, 0.717) is 12.4 Å². The van der Waals surface area contributed by atoms with Crippen LogP contribution in [0.5, 0.6) is 0 Å². The van der Waals surface area contributed by atoms with Gasteiger partial charge in [0.15, 0.2) is 0 Å². The van der Waals surface area contributed by atoms with Gasteiger partial charge in [-0.25, -0.2) is 0 Å². The van der Waals surface area contributed by atoms with Crippen LogP contribution in [0, 0.1) is 5.41 Å². The van der Waals surface area contributed by atoms with Crippen LogP contribution in [-0.4, -0.2) is 23.6 Å². The average molecular weight is 284 g/mol. The Kier molecular flexibility index (Phi) is 4.23. The third-order valence-electron chi connectivity index (χ3n) is 3.04. The number of fused-ring (bicyclic) bond motifs is 1. The molecule has 98 valence electrons. The Bertz CT molecular complexity index is 422. The summed E-state index contributed by atoms with van der Waals surface area (Å²) in [5.41, 5.74) is 1.23. The lowest BCUT2D eigenvalue weighted by Crippen LogP contribution is -2.39. The van der Waals surface area contributed by atoms with Crippen molar-refractivity contribution in [1.29, 1.82) is 0 Å². The molecule has 0 saturated heterocycles. The van der Waals surface area contributed by atoms with Crippen LogP contribution in [0.3, 0.4) is 0 Å². The van der Waals surface area contributed by atoms with Crippen molar-refractivity contribution in [3.63, 3.8) is 0 Å². The minimum atomic E-state index is -0.0483. The summed E-state index contributed by atoms with van der Waals surface area (Å²) in [5, 5.41) is 3.01.